The average Bonchev–Trinajstić information content (AvgIpc) is 2.64. The minimum absolute atomic E-state index is 0.264. The van der Waals surface area contributed by atoms with Crippen molar-refractivity contribution in [2.24, 2.45) is 0 Å². The number of esters is 1. The molecule has 0 saturated heterocycles. The summed E-state index contributed by atoms with van der Waals surface area (Å²) in [4.78, 5) is 12.0. The van der Waals surface area contributed by atoms with Gasteiger partial charge in [0.1, 0.15) is 11.5 Å². The molecule has 0 aliphatic carbocycles. The summed E-state index contributed by atoms with van der Waals surface area (Å²) in [6.07, 6.45) is 0. The lowest BCUT2D eigenvalue weighted by Crippen LogP contribution is -2.17. The van der Waals surface area contributed by atoms with Gasteiger partial charge in [-0.15, -0.1) is 0 Å². The highest BCUT2D eigenvalue weighted by Gasteiger charge is 2.09. The van der Waals surface area contributed by atoms with Gasteiger partial charge in [-0.2, -0.15) is 0 Å². The van der Waals surface area contributed by atoms with Crippen LogP contribution in [0.3, 0.4) is 0 Å². The van der Waals surface area contributed by atoms with Crippen LogP contribution in [0.2, 0.25) is 10.0 Å². The maximum atomic E-state index is 12.0. The molecule has 26 heavy (non-hydrogen) atoms. The van der Waals surface area contributed by atoms with Crippen molar-refractivity contribution in [1.82, 2.24) is 0 Å². The molecule has 0 aliphatic heterocycles. The SMILES string of the molecule is Cc1ccc(-c2ccc(OC(=O)COc3cc(Cl)ccc3Cl)cc2)cc1. The lowest BCUT2D eigenvalue weighted by atomic mass is 10.0. The van der Waals surface area contributed by atoms with Crippen molar-refractivity contribution in [3.8, 4) is 22.6 Å². The Morgan fingerprint density at radius 1 is 0.885 bits per heavy atom. The number of carbonyl (C=O) groups is 1. The second-order valence-electron chi connectivity index (χ2n) is 5.73. The number of benzene rings is 3. The molecule has 0 aliphatic rings. The highest BCUT2D eigenvalue weighted by atomic mass is 35.5. The predicted molar refractivity (Wildman–Crippen MR) is 104 cm³/mol. The van der Waals surface area contributed by atoms with Crippen molar-refractivity contribution in [2.45, 2.75) is 6.92 Å². The fourth-order valence-electron chi connectivity index (χ4n) is 2.35. The number of hydrogen-bond donors (Lipinski definition) is 0. The second kappa shape index (κ2) is 8.26. The maximum Gasteiger partial charge on any atom is 0.349 e. The van der Waals surface area contributed by atoms with Crippen LogP contribution in [0.15, 0.2) is 66.7 Å². The zero-order valence-electron chi connectivity index (χ0n) is 14.0. The Morgan fingerprint density at radius 3 is 2.15 bits per heavy atom. The molecule has 0 fully saturated rings. The van der Waals surface area contributed by atoms with E-state index >= 15 is 0 Å². The van der Waals surface area contributed by atoms with Gasteiger partial charge in [-0.3, -0.25) is 0 Å². The maximum absolute atomic E-state index is 12.0. The first-order valence-corrected chi connectivity index (χ1v) is 8.72. The normalized spacial score (nSPS) is 10.4. The Kier molecular flexibility index (Phi) is 5.82. The molecular formula is C21H16Cl2O3. The molecule has 0 heterocycles. The van der Waals surface area contributed by atoms with E-state index in [4.69, 9.17) is 32.7 Å². The molecule has 132 valence electrons. The third-order valence-electron chi connectivity index (χ3n) is 3.71. The van der Waals surface area contributed by atoms with Crippen LogP contribution in [-0.2, 0) is 4.79 Å². The highest BCUT2D eigenvalue weighted by Crippen LogP contribution is 2.28. The fraction of sp³-hybridized carbons (Fsp3) is 0.0952. The van der Waals surface area contributed by atoms with E-state index in [-0.39, 0.29) is 6.61 Å². The van der Waals surface area contributed by atoms with Crippen molar-refractivity contribution >= 4 is 29.2 Å². The number of ether oxygens (including phenoxy) is 2. The van der Waals surface area contributed by atoms with Gasteiger partial charge in [-0.05, 0) is 42.3 Å². The van der Waals surface area contributed by atoms with Crippen molar-refractivity contribution in [3.63, 3.8) is 0 Å². The van der Waals surface area contributed by atoms with E-state index in [0.717, 1.165) is 11.1 Å². The molecule has 3 aromatic rings. The van der Waals surface area contributed by atoms with Gasteiger partial charge in [-0.1, -0.05) is 65.2 Å². The van der Waals surface area contributed by atoms with Gasteiger partial charge in [0.25, 0.3) is 0 Å². The zero-order chi connectivity index (χ0) is 18.5. The summed E-state index contributed by atoms with van der Waals surface area (Å²) in [6.45, 7) is 1.78. The Labute approximate surface area is 162 Å². The van der Waals surface area contributed by atoms with Crippen molar-refractivity contribution in [3.05, 3.63) is 82.3 Å². The molecule has 0 spiro atoms. The topological polar surface area (TPSA) is 35.5 Å². The molecule has 0 amide bonds. The highest BCUT2D eigenvalue weighted by molar-refractivity contribution is 6.34. The Hall–Kier alpha value is -2.49. The van der Waals surface area contributed by atoms with Gasteiger partial charge in [-0.25, -0.2) is 4.79 Å². The van der Waals surface area contributed by atoms with Gasteiger partial charge in [0, 0.05) is 11.1 Å². The van der Waals surface area contributed by atoms with Gasteiger partial charge < -0.3 is 9.47 Å². The minimum atomic E-state index is -0.524. The lowest BCUT2D eigenvalue weighted by molar-refractivity contribution is -0.136. The second-order valence-corrected chi connectivity index (χ2v) is 6.57. The van der Waals surface area contributed by atoms with E-state index in [0.29, 0.717) is 21.5 Å². The molecular weight excluding hydrogens is 371 g/mol. The molecule has 3 rings (SSSR count). The predicted octanol–water partition coefficient (Wildman–Crippen LogP) is 5.95. The summed E-state index contributed by atoms with van der Waals surface area (Å²) in [5.74, 6) is 0.265. The van der Waals surface area contributed by atoms with Crippen LogP contribution in [0.1, 0.15) is 5.56 Å². The Balaban J connectivity index is 1.59. The fourth-order valence-corrected chi connectivity index (χ4v) is 2.68. The summed E-state index contributed by atoms with van der Waals surface area (Å²) in [7, 11) is 0. The van der Waals surface area contributed by atoms with Crippen LogP contribution >= 0.6 is 23.2 Å². The summed E-state index contributed by atoms with van der Waals surface area (Å²) < 4.78 is 10.6. The molecule has 0 unspecified atom stereocenters. The van der Waals surface area contributed by atoms with Crippen LogP contribution < -0.4 is 9.47 Å². The molecule has 0 bridgehead atoms. The van der Waals surface area contributed by atoms with Crippen LogP contribution in [-0.4, -0.2) is 12.6 Å². The van der Waals surface area contributed by atoms with Gasteiger partial charge >= 0.3 is 5.97 Å². The van der Waals surface area contributed by atoms with Gasteiger partial charge in [0.05, 0.1) is 5.02 Å². The van der Waals surface area contributed by atoms with Crippen molar-refractivity contribution in [1.29, 1.82) is 0 Å². The first-order chi connectivity index (χ1) is 12.5. The zero-order valence-corrected chi connectivity index (χ0v) is 15.6. The number of aryl methyl sites for hydroxylation is 1. The van der Waals surface area contributed by atoms with E-state index in [2.05, 4.69) is 24.3 Å². The van der Waals surface area contributed by atoms with Crippen LogP contribution in [0.5, 0.6) is 11.5 Å². The number of halogens is 2. The Morgan fingerprint density at radius 2 is 1.50 bits per heavy atom. The molecule has 0 N–H and O–H groups in total. The van der Waals surface area contributed by atoms with E-state index in [1.807, 2.05) is 19.1 Å². The summed E-state index contributed by atoms with van der Waals surface area (Å²) in [5, 5.41) is 0.856. The lowest BCUT2D eigenvalue weighted by Gasteiger charge is -2.09. The van der Waals surface area contributed by atoms with Crippen LogP contribution in [0.25, 0.3) is 11.1 Å². The molecule has 0 aromatic heterocycles. The van der Waals surface area contributed by atoms with E-state index < -0.39 is 5.97 Å². The minimum Gasteiger partial charge on any atom is -0.480 e. The molecule has 0 atom stereocenters. The smallest absolute Gasteiger partial charge is 0.349 e. The van der Waals surface area contributed by atoms with Gasteiger partial charge in [0.15, 0.2) is 6.61 Å². The third kappa shape index (κ3) is 4.78. The Bertz CT molecular complexity index is 904. The molecule has 5 heteroatoms. The van der Waals surface area contributed by atoms with E-state index in [1.165, 1.54) is 5.56 Å². The number of carbonyl (C=O) groups excluding carboxylic acids is 1. The third-order valence-corrected chi connectivity index (χ3v) is 4.26. The summed E-state index contributed by atoms with van der Waals surface area (Å²) in [6, 6.07) is 20.3. The first-order valence-electron chi connectivity index (χ1n) is 7.97. The number of hydrogen-bond acceptors (Lipinski definition) is 3. The van der Waals surface area contributed by atoms with Crippen molar-refractivity contribution in [2.75, 3.05) is 6.61 Å². The van der Waals surface area contributed by atoms with Crippen LogP contribution in [0.4, 0.5) is 0 Å². The standard InChI is InChI=1S/C21H16Cl2O3/c1-14-2-4-15(5-3-14)16-6-9-18(10-7-16)26-21(24)13-25-20-12-17(22)8-11-19(20)23/h2-12H,13H2,1H3. The quantitative estimate of drug-likeness (QED) is 0.401. The van der Waals surface area contributed by atoms with Crippen LogP contribution in [0, 0.1) is 6.92 Å². The van der Waals surface area contributed by atoms with E-state index in [9.17, 15) is 4.79 Å². The van der Waals surface area contributed by atoms with Crippen molar-refractivity contribution < 1.29 is 14.3 Å². The van der Waals surface area contributed by atoms with Gasteiger partial charge in [0.2, 0.25) is 0 Å². The summed E-state index contributed by atoms with van der Waals surface area (Å²) in [5.41, 5.74) is 3.36. The summed E-state index contributed by atoms with van der Waals surface area (Å²) >= 11 is 11.9. The first kappa shape index (κ1) is 18.3. The molecule has 3 aromatic carbocycles. The molecule has 3 nitrogen and oxygen atoms in total. The number of rotatable bonds is 5. The molecule has 0 radical (unpaired) electrons. The molecule has 0 saturated carbocycles. The monoisotopic (exact) mass is 386 g/mol. The van der Waals surface area contributed by atoms with E-state index in [1.54, 1.807) is 30.3 Å². The largest absolute Gasteiger partial charge is 0.480 e. The average molecular weight is 387 g/mol.